The lowest BCUT2D eigenvalue weighted by Gasteiger charge is -2.00. The van der Waals surface area contributed by atoms with Crippen molar-refractivity contribution < 1.29 is 0 Å². The zero-order valence-electron chi connectivity index (χ0n) is 6.83. The molecule has 0 bridgehead atoms. The summed E-state index contributed by atoms with van der Waals surface area (Å²) in [5.74, 6) is 1.50. The molecule has 2 heteroatoms. The Bertz CT molecular complexity index is 252. The number of nitrogens with zero attached hydrogens (tertiary/aromatic N) is 1. The third kappa shape index (κ3) is 1.07. The zero-order valence-corrected chi connectivity index (χ0v) is 6.83. The Balaban J connectivity index is 2.14. The number of nitrogens with two attached hydrogens (primary N) is 1. The second-order valence-electron chi connectivity index (χ2n) is 3.38. The van der Waals surface area contributed by atoms with Crippen molar-refractivity contribution >= 4 is 0 Å². The van der Waals surface area contributed by atoms with Gasteiger partial charge in [-0.05, 0) is 31.0 Å². The van der Waals surface area contributed by atoms with Crippen molar-refractivity contribution in [1.82, 2.24) is 4.57 Å². The summed E-state index contributed by atoms with van der Waals surface area (Å²) in [6, 6.07) is 4.29. The van der Waals surface area contributed by atoms with Crippen LogP contribution < -0.4 is 5.73 Å². The molecule has 0 aliphatic heterocycles. The lowest BCUT2D eigenvalue weighted by molar-refractivity contribution is 0.757. The average Bonchev–Trinajstić information content (AvgIpc) is 2.68. The van der Waals surface area contributed by atoms with E-state index in [-0.39, 0.29) is 0 Å². The van der Waals surface area contributed by atoms with Crippen LogP contribution in [0.25, 0.3) is 0 Å². The van der Waals surface area contributed by atoms with Crippen molar-refractivity contribution in [2.45, 2.75) is 12.3 Å². The molecule has 0 amide bonds. The largest absolute Gasteiger partial charge is 0.354 e. The monoisotopic (exact) mass is 150 g/mol. The van der Waals surface area contributed by atoms with Gasteiger partial charge in [-0.2, -0.15) is 0 Å². The maximum absolute atomic E-state index is 5.57. The molecule has 1 fully saturated rings. The molecule has 1 aliphatic carbocycles. The molecule has 1 aromatic heterocycles. The van der Waals surface area contributed by atoms with Crippen molar-refractivity contribution in [3.05, 3.63) is 24.0 Å². The van der Waals surface area contributed by atoms with Crippen LogP contribution >= 0.6 is 0 Å². The van der Waals surface area contributed by atoms with Gasteiger partial charge in [0.2, 0.25) is 0 Å². The summed E-state index contributed by atoms with van der Waals surface area (Å²) in [6.07, 6.45) is 3.38. The van der Waals surface area contributed by atoms with E-state index in [1.54, 1.807) is 0 Å². The molecular weight excluding hydrogens is 136 g/mol. The fourth-order valence-electron chi connectivity index (χ4n) is 1.73. The van der Waals surface area contributed by atoms with Gasteiger partial charge in [0.25, 0.3) is 0 Å². The third-order valence-corrected chi connectivity index (χ3v) is 2.59. The molecule has 60 valence electrons. The second-order valence-corrected chi connectivity index (χ2v) is 3.38. The Kier molecular flexibility index (Phi) is 1.50. The Morgan fingerprint density at radius 3 is 3.00 bits per heavy atom. The predicted octanol–water partition coefficient (Wildman–Crippen LogP) is 1.09. The van der Waals surface area contributed by atoms with Gasteiger partial charge in [0.1, 0.15) is 0 Å². The molecule has 2 N–H and O–H groups in total. The lowest BCUT2D eigenvalue weighted by atomic mass is 10.2. The Hall–Kier alpha value is -0.760. The molecule has 2 atom stereocenters. The fraction of sp³-hybridized carbons (Fsp3) is 0.556. The minimum Gasteiger partial charge on any atom is -0.354 e. The van der Waals surface area contributed by atoms with Crippen molar-refractivity contribution in [1.29, 1.82) is 0 Å². The molecule has 1 heterocycles. The van der Waals surface area contributed by atoms with Crippen LogP contribution in [0, 0.1) is 5.92 Å². The van der Waals surface area contributed by atoms with E-state index in [0.29, 0.717) is 0 Å². The number of aryl methyl sites for hydroxylation is 1. The number of hydrogen-bond acceptors (Lipinski definition) is 1. The van der Waals surface area contributed by atoms with E-state index in [4.69, 9.17) is 5.73 Å². The molecule has 2 nitrogen and oxygen atoms in total. The molecule has 2 rings (SSSR count). The van der Waals surface area contributed by atoms with Gasteiger partial charge in [0.15, 0.2) is 0 Å². The second kappa shape index (κ2) is 2.38. The van der Waals surface area contributed by atoms with Crippen LogP contribution in [0.2, 0.25) is 0 Å². The number of aromatic nitrogens is 1. The van der Waals surface area contributed by atoms with Gasteiger partial charge in [0, 0.05) is 24.9 Å². The van der Waals surface area contributed by atoms with E-state index in [1.807, 2.05) is 0 Å². The van der Waals surface area contributed by atoms with Crippen LogP contribution in [0.3, 0.4) is 0 Å². The third-order valence-electron chi connectivity index (χ3n) is 2.59. The van der Waals surface area contributed by atoms with Crippen LogP contribution in [-0.2, 0) is 7.05 Å². The first-order chi connectivity index (χ1) is 5.33. The van der Waals surface area contributed by atoms with Gasteiger partial charge in [-0.3, -0.25) is 0 Å². The topological polar surface area (TPSA) is 30.9 Å². The van der Waals surface area contributed by atoms with E-state index in [9.17, 15) is 0 Å². The highest BCUT2D eigenvalue weighted by Crippen LogP contribution is 2.46. The highest BCUT2D eigenvalue weighted by Gasteiger charge is 2.38. The first-order valence-electron chi connectivity index (χ1n) is 4.14. The molecule has 1 aromatic rings. The van der Waals surface area contributed by atoms with E-state index in [1.165, 1.54) is 12.1 Å². The van der Waals surface area contributed by atoms with E-state index in [2.05, 4.69) is 29.9 Å². The van der Waals surface area contributed by atoms with Gasteiger partial charge < -0.3 is 10.3 Å². The van der Waals surface area contributed by atoms with Crippen LogP contribution in [0.15, 0.2) is 18.3 Å². The van der Waals surface area contributed by atoms with E-state index < -0.39 is 0 Å². The molecule has 0 unspecified atom stereocenters. The quantitative estimate of drug-likeness (QED) is 0.672. The summed E-state index contributed by atoms with van der Waals surface area (Å²) < 4.78 is 2.19. The first-order valence-corrected chi connectivity index (χ1v) is 4.14. The molecule has 0 radical (unpaired) electrons. The fourth-order valence-corrected chi connectivity index (χ4v) is 1.73. The summed E-state index contributed by atoms with van der Waals surface area (Å²) in [5, 5.41) is 0. The molecule has 0 saturated heterocycles. The minimum absolute atomic E-state index is 0.750. The summed E-state index contributed by atoms with van der Waals surface area (Å²) >= 11 is 0. The number of hydrogen-bond donors (Lipinski definition) is 1. The highest BCUT2D eigenvalue weighted by atomic mass is 14.9. The van der Waals surface area contributed by atoms with E-state index in [0.717, 1.165) is 18.4 Å². The highest BCUT2D eigenvalue weighted by molar-refractivity contribution is 5.20. The standard InChI is InChI=1S/C9H14N2/c1-11-4-2-3-9(11)8-5-7(8)6-10/h2-4,7-8H,5-6,10H2,1H3/t7-,8+/m1/s1. The average molecular weight is 150 g/mol. The van der Waals surface area contributed by atoms with Crippen molar-refractivity contribution in [2.24, 2.45) is 18.7 Å². The van der Waals surface area contributed by atoms with Gasteiger partial charge >= 0.3 is 0 Å². The summed E-state index contributed by atoms with van der Waals surface area (Å²) in [7, 11) is 2.10. The normalized spacial score (nSPS) is 28.9. The Labute approximate surface area is 67.0 Å². The summed E-state index contributed by atoms with van der Waals surface area (Å²) in [5.41, 5.74) is 7.02. The SMILES string of the molecule is Cn1cccc1[C@H]1C[C@@H]1CN. The number of rotatable bonds is 2. The molecular formula is C9H14N2. The van der Waals surface area contributed by atoms with Gasteiger partial charge in [-0.1, -0.05) is 0 Å². The van der Waals surface area contributed by atoms with Crippen molar-refractivity contribution in [3.63, 3.8) is 0 Å². The summed E-state index contributed by atoms with van der Waals surface area (Å²) in [4.78, 5) is 0. The first kappa shape index (κ1) is 6.92. The lowest BCUT2D eigenvalue weighted by Crippen LogP contribution is -2.03. The van der Waals surface area contributed by atoms with Crippen molar-refractivity contribution in [3.8, 4) is 0 Å². The zero-order chi connectivity index (χ0) is 7.84. The Morgan fingerprint density at radius 1 is 1.73 bits per heavy atom. The van der Waals surface area contributed by atoms with E-state index >= 15 is 0 Å². The molecule has 0 aromatic carbocycles. The van der Waals surface area contributed by atoms with Crippen LogP contribution in [0.5, 0.6) is 0 Å². The van der Waals surface area contributed by atoms with Gasteiger partial charge in [-0.25, -0.2) is 0 Å². The minimum atomic E-state index is 0.750. The van der Waals surface area contributed by atoms with Gasteiger partial charge in [-0.15, -0.1) is 0 Å². The smallest absolute Gasteiger partial charge is 0.0206 e. The van der Waals surface area contributed by atoms with Crippen molar-refractivity contribution in [2.75, 3.05) is 6.54 Å². The van der Waals surface area contributed by atoms with Crippen LogP contribution in [0.1, 0.15) is 18.0 Å². The molecule has 11 heavy (non-hydrogen) atoms. The molecule has 0 spiro atoms. The van der Waals surface area contributed by atoms with Crippen LogP contribution in [0.4, 0.5) is 0 Å². The van der Waals surface area contributed by atoms with Gasteiger partial charge in [0.05, 0.1) is 0 Å². The summed E-state index contributed by atoms with van der Waals surface area (Å²) in [6.45, 7) is 0.843. The predicted molar refractivity (Wildman–Crippen MR) is 45.3 cm³/mol. The maximum atomic E-state index is 5.57. The molecule has 1 saturated carbocycles. The maximum Gasteiger partial charge on any atom is 0.0206 e. The Morgan fingerprint density at radius 2 is 2.55 bits per heavy atom. The van der Waals surface area contributed by atoms with Crippen LogP contribution in [-0.4, -0.2) is 11.1 Å². The molecule has 1 aliphatic rings.